The highest BCUT2D eigenvalue weighted by Gasteiger charge is 2.32. The Hall–Kier alpha value is -4.83. The standard InChI is InChI=1S/C31H29N3O6S/c1-18-27(29(35)33-21-9-7-6-8-10-21)28(19-11-13-22(37-2)14-12-19)34-30(36)26(41-31(34)32-18)16-20-15-24(39-4)25(40-5)17-23(20)38-3/h6-17,28H,1-5H3,(H,33,35)/b26-16+/t28-/m0/s1. The molecule has 1 N–H and O–H groups in total. The van der Waals surface area contributed by atoms with Crippen molar-refractivity contribution in [2.75, 3.05) is 33.8 Å². The Bertz CT molecular complexity index is 1810. The highest BCUT2D eigenvalue weighted by Crippen LogP contribution is 2.35. The summed E-state index contributed by atoms with van der Waals surface area (Å²) in [5.41, 5.74) is 2.63. The lowest BCUT2D eigenvalue weighted by atomic mass is 9.95. The van der Waals surface area contributed by atoms with E-state index in [1.165, 1.54) is 11.3 Å². The Morgan fingerprint density at radius 1 is 0.902 bits per heavy atom. The quantitative estimate of drug-likeness (QED) is 0.344. The molecule has 1 aromatic heterocycles. The molecule has 9 nitrogen and oxygen atoms in total. The van der Waals surface area contributed by atoms with Crippen molar-refractivity contribution in [2.24, 2.45) is 4.99 Å². The SMILES string of the molecule is COc1ccc([C@H]2C(C(=O)Nc3ccccc3)=C(C)N=c3s/c(=C/c4cc(OC)c(OC)cc4OC)c(=O)n32)cc1. The summed E-state index contributed by atoms with van der Waals surface area (Å²) >= 11 is 1.24. The number of nitrogens with zero attached hydrogens (tertiary/aromatic N) is 2. The Balaban J connectivity index is 1.69. The van der Waals surface area contributed by atoms with Gasteiger partial charge in [0.1, 0.15) is 11.5 Å². The maximum Gasteiger partial charge on any atom is 0.271 e. The third-order valence-corrected chi connectivity index (χ3v) is 7.73. The molecular weight excluding hydrogens is 542 g/mol. The van der Waals surface area contributed by atoms with Gasteiger partial charge in [0.2, 0.25) is 0 Å². The summed E-state index contributed by atoms with van der Waals surface area (Å²) in [5, 5.41) is 2.96. The zero-order valence-electron chi connectivity index (χ0n) is 23.3. The second kappa shape index (κ2) is 11.7. The van der Waals surface area contributed by atoms with Crippen LogP contribution in [0.4, 0.5) is 5.69 Å². The van der Waals surface area contributed by atoms with Gasteiger partial charge in [-0.05, 0) is 48.9 Å². The van der Waals surface area contributed by atoms with Crippen molar-refractivity contribution < 1.29 is 23.7 Å². The first-order valence-electron chi connectivity index (χ1n) is 12.7. The zero-order chi connectivity index (χ0) is 29.1. The molecule has 3 aromatic carbocycles. The van der Waals surface area contributed by atoms with Gasteiger partial charge in [-0.1, -0.05) is 41.7 Å². The van der Waals surface area contributed by atoms with E-state index in [-0.39, 0.29) is 11.5 Å². The molecule has 0 fully saturated rings. The van der Waals surface area contributed by atoms with Crippen molar-refractivity contribution in [3.05, 3.63) is 109 Å². The van der Waals surface area contributed by atoms with Crippen LogP contribution in [0.2, 0.25) is 0 Å². The fourth-order valence-corrected chi connectivity index (χ4v) is 5.78. The molecule has 0 spiro atoms. The summed E-state index contributed by atoms with van der Waals surface area (Å²) in [5.74, 6) is 1.84. The Labute approximate surface area is 240 Å². The molecule has 0 radical (unpaired) electrons. The number of fused-ring (bicyclic) bond motifs is 1. The van der Waals surface area contributed by atoms with Crippen molar-refractivity contribution in [3.63, 3.8) is 0 Å². The van der Waals surface area contributed by atoms with E-state index in [0.29, 0.717) is 54.9 Å². The van der Waals surface area contributed by atoms with Gasteiger partial charge in [-0.3, -0.25) is 14.2 Å². The van der Waals surface area contributed by atoms with Crippen molar-refractivity contribution >= 4 is 29.0 Å². The number of benzene rings is 3. The third-order valence-electron chi connectivity index (χ3n) is 6.75. The Morgan fingerprint density at radius 3 is 2.20 bits per heavy atom. The first-order valence-corrected chi connectivity index (χ1v) is 13.5. The maximum atomic E-state index is 14.0. The normalized spacial score (nSPS) is 14.7. The number of para-hydroxylation sites is 1. The van der Waals surface area contributed by atoms with Gasteiger partial charge in [0.25, 0.3) is 11.5 Å². The highest BCUT2D eigenvalue weighted by molar-refractivity contribution is 7.07. The van der Waals surface area contributed by atoms with Crippen LogP contribution in [0.3, 0.4) is 0 Å². The number of rotatable bonds is 8. The number of allylic oxidation sites excluding steroid dienone is 1. The monoisotopic (exact) mass is 571 g/mol. The number of carbonyl (C=O) groups excluding carboxylic acids is 1. The molecule has 0 bridgehead atoms. The van der Waals surface area contributed by atoms with Crippen molar-refractivity contribution in [1.29, 1.82) is 0 Å². The fourth-order valence-electron chi connectivity index (χ4n) is 4.74. The van der Waals surface area contributed by atoms with Gasteiger partial charge in [-0.15, -0.1) is 0 Å². The molecule has 2 heterocycles. The topological polar surface area (TPSA) is 100 Å². The van der Waals surface area contributed by atoms with Gasteiger partial charge >= 0.3 is 0 Å². The predicted octanol–water partition coefficient (Wildman–Crippen LogP) is 3.91. The maximum absolute atomic E-state index is 14.0. The van der Waals surface area contributed by atoms with Crippen molar-refractivity contribution in [1.82, 2.24) is 4.57 Å². The minimum atomic E-state index is -0.713. The summed E-state index contributed by atoms with van der Waals surface area (Å²) in [6.45, 7) is 1.78. The molecule has 0 saturated carbocycles. The number of anilines is 1. The number of nitrogens with one attached hydrogen (secondary N) is 1. The van der Waals surface area contributed by atoms with Crippen LogP contribution in [0.5, 0.6) is 23.0 Å². The van der Waals surface area contributed by atoms with Crippen LogP contribution in [0.1, 0.15) is 24.1 Å². The van der Waals surface area contributed by atoms with E-state index < -0.39 is 6.04 Å². The van der Waals surface area contributed by atoms with Gasteiger partial charge < -0.3 is 24.3 Å². The molecule has 1 aliphatic heterocycles. The van der Waals surface area contributed by atoms with Gasteiger partial charge in [-0.25, -0.2) is 4.99 Å². The van der Waals surface area contributed by atoms with Gasteiger partial charge in [0.15, 0.2) is 16.3 Å². The number of methoxy groups -OCH3 is 4. The average molecular weight is 572 g/mol. The lowest BCUT2D eigenvalue weighted by Crippen LogP contribution is -2.40. The molecule has 1 atom stereocenters. The number of hydrogen-bond donors (Lipinski definition) is 1. The van der Waals surface area contributed by atoms with Crippen molar-refractivity contribution in [3.8, 4) is 23.0 Å². The van der Waals surface area contributed by atoms with E-state index in [4.69, 9.17) is 23.9 Å². The molecule has 0 unspecified atom stereocenters. The number of hydrogen-bond acceptors (Lipinski definition) is 8. The van der Waals surface area contributed by atoms with Crippen LogP contribution >= 0.6 is 11.3 Å². The summed E-state index contributed by atoms with van der Waals surface area (Å²) in [4.78, 5) is 32.9. The van der Waals surface area contributed by atoms with E-state index in [9.17, 15) is 9.59 Å². The first kappa shape index (κ1) is 27.7. The largest absolute Gasteiger partial charge is 0.497 e. The molecule has 210 valence electrons. The Kier molecular flexibility index (Phi) is 7.93. The van der Waals surface area contributed by atoms with Crippen LogP contribution < -0.4 is 39.2 Å². The molecule has 1 amide bonds. The minimum Gasteiger partial charge on any atom is -0.497 e. The molecule has 5 rings (SSSR count). The molecule has 1 aliphatic rings. The van der Waals surface area contributed by atoms with Crippen molar-refractivity contribution in [2.45, 2.75) is 13.0 Å². The highest BCUT2D eigenvalue weighted by atomic mass is 32.1. The third kappa shape index (κ3) is 5.33. The van der Waals surface area contributed by atoms with E-state index in [0.717, 1.165) is 5.56 Å². The number of ether oxygens (including phenoxy) is 4. The summed E-state index contributed by atoms with van der Waals surface area (Å²) in [6.07, 6.45) is 1.73. The predicted molar refractivity (Wildman–Crippen MR) is 158 cm³/mol. The molecule has 41 heavy (non-hydrogen) atoms. The summed E-state index contributed by atoms with van der Waals surface area (Å²) in [7, 11) is 6.22. The molecule has 10 heteroatoms. The number of thiazole rings is 1. The second-order valence-corrected chi connectivity index (χ2v) is 10.1. The number of carbonyl (C=O) groups is 1. The Morgan fingerprint density at radius 2 is 1.56 bits per heavy atom. The van der Waals surface area contributed by atoms with Gasteiger partial charge in [0, 0.05) is 17.3 Å². The van der Waals surface area contributed by atoms with Crippen LogP contribution in [-0.2, 0) is 4.79 Å². The van der Waals surface area contributed by atoms with Gasteiger partial charge in [0.05, 0.1) is 50.3 Å². The first-order chi connectivity index (χ1) is 19.9. The zero-order valence-corrected chi connectivity index (χ0v) is 24.1. The smallest absolute Gasteiger partial charge is 0.271 e. The van der Waals surface area contributed by atoms with E-state index in [1.807, 2.05) is 54.6 Å². The fraction of sp³-hybridized carbons (Fsp3) is 0.194. The molecule has 0 saturated heterocycles. The number of aromatic nitrogens is 1. The minimum absolute atomic E-state index is 0.288. The number of amides is 1. The van der Waals surface area contributed by atoms with Crippen LogP contribution in [0.25, 0.3) is 6.08 Å². The van der Waals surface area contributed by atoms with Crippen LogP contribution in [-0.4, -0.2) is 38.9 Å². The summed E-state index contributed by atoms with van der Waals surface area (Å²) in [6, 6.07) is 19.2. The molecule has 4 aromatic rings. The van der Waals surface area contributed by atoms with E-state index in [1.54, 1.807) is 58.1 Å². The molecule has 0 aliphatic carbocycles. The van der Waals surface area contributed by atoms with E-state index in [2.05, 4.69) is 5.32 Å². The lowest BCUT2D eigenvalue weighted by molar-refractivity contribution is -0.113. The average Bonchev–Trinajstić information content (AvgIpc) is 3.30. The van der Waals surface area contributed by atoms with Crippen LogP contribution in [0, 0.1) is 0 Å². The molecular formula is C31H29N3O6S. The van der Waals surface area contributed by atoms with Gasteiger partial charge in [-0.2, -0.15) is 0 Å². The van der Waals surface area contributed by atoms with E-state index >= 15 is 0 Å². The second-order valence-electron chi connectivity index (χ2n) is 9.12. The van der Waals surface area contributed by atoms with Crippen LogP contribution in [0.15, 0.2) is 87.8 Å². The lowest BCUT2D eigenvalue weighted by Gasteiger charge is -2.25. The summed E-state index contributed by atoms with van der Waals surface area (Å²) < 4.78 is 23.8.